The first kappa shape index (κ1) is 22.2. The van der Waals surface area contributed by atoms with Crippen LogP contribution in [0.2, 0.25) is 0 Å². The molecule has 2 aliphatic heterocycles. The first-order valence-corrected chi connectivity index (χ1v) is 11.1. The Bertz CT molecular complexity index is 1710. The molecule has 0 unspecified atom stereocenters. The Balaban J connectivity index is 1.47. The second kappa shape index (κ2) is 7.89. The van der Waals surface area contributed by atoms with Crippen molar-refractivity contribution in [2.24, 2.45) is 0 Å². The molecule has 1 saturated heterocycles. The maximum absolute atomic E-state index is 15.0. The molecule has 1 fully saturated rings. The SMILES string of the molecule is COc1ccc2c(c1F)C(=O)N([C@@]1(c3cc4nc(-c5cccc(C#N)c5)ccc4o3)NC(=O)NC1=O)C2. The second-order valence-corrected chi connectivity index (χ2v) is 8.51. The fraction of sp³-hybridized carbons (Fsp3) is 0.115. The van der Waals surface area contributed by atoms with Gasteiger partial charge in [0, 0.05) is 11.6 Å². The lowest BCUT2D eigenvalue weighted by atomic mass is 10.0. The number of carbonyl (C=O) groups is 3. The van der Waals surface area contributed by atoms with Crippen LogP contribution in [0, 0.1) is 17.1 Å². The summed E-state index contributed by atoms with van der Waals surface area (Å²) < 4.78 is 25.9. The highest BCUT2D eigenvalue weighted by Crippen LogP contribution is 2.40. The number of urea groups is 1. The minimum atomic E-state index is -2.07. The fourth-order valence-electron chi connectivity index (χ4n) is 4.72. The number of aromatic nitrogens is 1. The molecular weight excluding hydrogens is 481 g/mol. The molecule has 0 radical (unpaired) electrons. The molecule has 4 heterocycles. The fourth-order valence-corrected chi connectivity index (χ4v) is 4.72. The van der Waals surface area contributed by atoms with Crippen LogP contribution in [0.5, 0.6) is 5.75 Å². The van der Waals surface area contributed by atoms with Crippen LogP contribution in [0.15, 0.2) is 59.0 Å². The molecule has 11 heteroatoms. The number of nitriles is 1. The maximum Gasteiger partial charge on any atom is 0.324 e. The zero-order chi connectivity index (χ0) is 25.9. The molecule has 0 bridgehead atoms. The maximum atomic E-state index is 15.0. The highest BCUT2D eigenvalue weighted by Gasteiger charge is 2.59. The van der Waals surface area contributed by atoms with Gasteiger partial charge in [-0.3, -0.25) is 19.8 Å². The topological polar surface area (TPSA) is 138 Å². The number of nitrogens with zero attached hydrogens (tertiary/aromatic N) is 3. The van der Waals surface area contributed by atoms with Gasteiger partial charge in [0.25, 0.3) is 17.5 Å². The Morgan fingerprint density at radius 2 is 2.00 bits per heavy atom. The van der Waals surface area contributed by atoms with Crippen molar-refractivity contribution in [3.8, 4) is 23.1 Å². The molecule has 0 aliphatic carbocycles. The highest BCUT2D eigenvalue weighted by atomic mass is 19.1. The van der Waals surface area contributed by atoms with Gasteiger partial charge in [0.2, 0.25) is 0 Å². The third-order valence-electron chi connectivity index (χ3n) is 6.47. The van der Waals surface area contributed by atoms with E-state index in [1.54, 1.807) is 36.4 Å². The number of ether oxygens (including phenoxy) is 1. The van der Waals surface area contributed by atoms with E-state index in [9.17, 15) is 24.0 Å². The van der Waals surface area contributed by atoms with Crippen LogP contribution in [-0.2, 0) is 17.0 Å². The molecule has 4 aromatic rings. The van der Waals surface area contributed by atoms with Crippen molar-refractivity contribution >= 4 is 28.9 Å². The summed E-state index contributed by atoms with van der Waals surface area (Å²) >= 11 is 0. The molecule has 1 atom stereocenters. The van der Waals surface area contributed by atoms with Crippen LogP contribution in [0.25, 0.3) is 22.4 Å². The predicted molar refractivity (Wildman–Crippen MR) is 125 cm³/mol. The minimum absolute atomic E-state index is 0.0743. The smallest absolute Gasteiger partial charge is 0.324 e. The molecule has 2 aliphatic rings. The van der Waals surface area contributed by atoms with E-state index in [1.807, 2.05) is 0 Å². The lowest BCUT2D eigenvalue weighted by molar-refractivity contribution is -0.131. The number of fused-ring (bicyclic) bond motifs is 2. The van der Waals surface area contributed by atoms with Crippen LogP contribution < -0.4 is 15.4 Å². The van der Waals surface area contributed by atoms with Gasteiger partial charge in [-0.2, -0.15) is 5.26 Å². The lowest BCUT2D eigenvalue weighted by Gasteiger charge is -2.33. The van der Waals surface area contributed by atoms with Gasteiger partial charge in [-0.25, -0.2) is 14.2 Å². The van der Waals surface area contributed by atoms with Crippen molar-refractivity contribution in [3.05, 3.63) is 82.9 Å². The molecule has 2 aromatic heterocycles. The number of imide groups is 1. The summed E-state index contributed by atoms with van der Waals surface area (Å²) in [6.45, 7) is -0.167. The summed E-state index contributed by atoms with van der Waals surface area (Å²) in [6, 6.07) is 15.8. The van der Waals surface area contributed by atoms with E-state index >= 15 is 0 Å². The van der Waals surface area contributed by atoms with Crippen LogP contribution >= 0.6 is 0 Å². The zero-order valence-electron chi connectivity index (χ0n) is 19.2. The predicted octanol–water partition coefficient (Wildman–Crippen LogP) is 3.16. The highest BCUT2D eigenvalue weighted by molar-refractivity contribution is 6.11. The number of hydrogen-bond donors (Lipinski definition) is 2. The number of methoxy groups -OCH3 is 1. The normalized spacial score (nSPS) is 18.5. The van der Waals surface area contributed by atoms with Crippen molar-refractivity contribution in [2.45, 2.75) is 12.2 Å². The Labute approximate surface area is 208 Å². The van der Waals surface area contributed by atoms with Crippen LogP contribution in [-0.4, -0.2) is 34.8 Å². The van der Waals surface area contributed by atoms with Gasteiger partial charge in [0.05, 0.1) is 36.5 Å². The molecule has 0 saturated carbocycles. The van der Waals surface area contributed by atoms with E-state index in [4.69, 9.17) is 9.15 Å². The summed E-state index contributed by atoms with van der Waals surface area (Å²) in [5.41, 5.74) is 0.346. The number of furan rings is 1. The van der Waals surface area contributed by atoms with E-state index in [1.165, 1.54) is 25.3 Å². The molecule has 182 valence electrons. The number of amides is 4. The van der Waals surface area contributed by atoms with Crippen molar-refractivity contribution in [1.29, 1.82) is 5.26 Å². The number of nitrogens with one attached hydrogen (secondary N) is 2. The number of carbonyl (C=O) groups excluding carboxylic acids is 3. The van der Waals surface area contributed by atoms with Crippen molar-refractivity contribution in [3.63, 3.8) is 0 Å². The number of pyridine rings is 1. The van der Waals surface area contributed by atoms with Gasteiger partial charge in [0.1, 0.15) is 5.52 Å². The minimum Gasteiger partial charge on any atom is -0.494 e. The molecule has 2 N–H and O–H groups in total. The summed E-state index contributed by atoms with van der Waals surface area (Å²) in [5, 5.41) is 13.9. The first-order valence-electron chi connectivity index (χ1n) is 11.1. The number of benzene rings is 2. The number of hydrogen-bond acceptors (Lipinski definition) is 7. The Morgan fingerprint density at radius 3 is 2.73 bits per heavy atom. The monoisotopic (exact) mass is 497 g/mol. The largest absolute Gasteiger partial charge is 0.494 e. The Kier molecular flexibility index (Phi) is 4.74. The van der Waals surface area contributed by atoms with Crippen LogP contribution in [0.4, 0.5) is 9.18 Å². The summed E-state index contributed by atoms with van der Waals surface area (Å²) in [5.74, 6) is -2.72. The standard InChI is InChI=1S/C26H16FN5O5/c1-36-19-7-5-15-12-32(23(33)21(15)22(19)27)26(24(34)30-25(35)31-26)20-10-17-18(37-20)8-6-16(29-17)14-4-2-3-13(9-14)11-28/h2-10H,12H2,1H3,(H2,30,31,34,35)/t26-/m1/s1. The molecule has 0 spiro atoms. The van der Waals surface area contributed by atoms with E-state index in [0.29, 0.717) is 33.5 Å². The Hall–Kier alpha value is -5.24. The average Bonchev–Trinajstić information content (AvgIpc) is 3.57. The van der Waals surface area contributed by atoms with Crippen LogP contribution in [0.3, 0.4) is 0 Å². The van der Waals surface area contributed by atoms with Crippen molar-refractivity contribution in [1.82, 2.24) is 20.5 Å². The molecule has 37 heavy (non-hydrogen) atoms. The Morgan fingerprint density at radius 1 is 1.16 bits per heavy atom. The summed E-state index contributed by atoms with van der Waals surface area (Å²) in [6.07, 6.45) is 0. The second-order valence-electron chi connectivity index (χ2n) is 8.51. The summed E-state index contributed by atoms with van der Waals surface area (Å²) in [4.78, 5) is 44.6. The van der Waals surface area contributed by atoms with Gasteiger partial charge in [-0.05, 0) is 35.9 Å². The molecule has 2 aromatic carbocycles. The van der Waals surface area contributed by atoms with Crippen molar-refractivity contribution in [2.75, 3.05) is 7.11 Å². The van der Waals surface area contributed by atoms with Gasteiger partial charge >= 0.3 is 6.03 Å². The number of rotatable bonds is 4. The average molecular weight is 497 g/mol. The van der Waals surface area contributed by atoms with Gasteiger partial charge in [-0.15, -0.1) is 0 Å². The quantitative estimate of drug-likeness (QED) is 0.413. The zero-order valence-corrected chi connectivity index (χ0v) is 19.2. The third-order valence-corrected chi connectivity index (χ3v) is 6.47. The molecule has 6 rings (SSSR count). The van der Waals surface area contributed by atoms with E-state index < -0.39 is 29.3 Å². The van der Waals surface area contributed by atoms with Gasteiger partial charge in [-0.1, -0.05) is 18.2 Å². The van der Waals surface area contributed by atoms with Crippen molar-refractivity contribution < 1.29 is 27.9 Å². The molecular formula is C26H16FN5O5. The summed E-state index contributed by atoms with van der Waals surface area (Å²) in [7, 11) is 1.28. The van der Waals surface area contributed by atoms with E-state index in [0.717, 1.165) is 4.90 Å². The first-order chi connectivity index (χ1) is 17.8. The van der Waals surface area contributed by atoms with Gasteiger partial charge in [0.15, 0.2) is 22.9 Å². The third kappa shape index (κ3) is 3.16. The van der Waals surface area contributed by atoms with Crippen LogP contribution in [0.1, 0.15) is 27.2 Å². The van der Waals surface area contributed by atoms with E-state index in [-0.39, 0.29) is 23.6 Å². The van der Waals surface area contributed by atoms with Gasteiger partial charge < -0.3 is 14.5 Å². The lowest BCUT2D eigenvalue weighted by Crippen LogP contribution is -2.57. The van der Waals surface area contributed by atoms with E-state index in [2.05, 4.69) is 21.7 Å². The molecule has 4 amide bonds. The number of halogens is 1. The molecule has 10 nitrogen and oxygen atoms in total.